The molecule has 0 radical (unpaired) electrons. The summed E-state index contributed by atoms with van der Waals surface area (Å²) in [5, 5.41) is 11.3. The molecule has 1 amide bonds. The van der Waals surface area contributed by atoms with Crippen molar-refractivity contribution in [3.63, 3.8) is 0 Å². The van der Waals surface area contributed by atoms with Crippen molar-refractivity contribution in [1.82, 2.24) is 5.32 Å². The van der Waals surface area contributed by atoms with Gasteiger partial charge >= 0.3 is 12.1 Å². The summed E-state index contributed by atoms with van der Waals surface area (Å²) < 4.78 is 5.09. The smallest absolute Gasteiger partial charge is 0.407 e. The van der Waals surface area contributed by atoms with Crippen LogP contribution in [0.1, 0.15) is 53.4 Å². The van der Waals surface area contributed by atoms with Gasteiger partial charge in [-0.15, -0.1) is 0 Å². The van der Waals surface area contributed by atoms with Crippen LogP contribution in [-0.2, 0) is 9.53 Å². The minimum Gasteiger partial charge on any atom is -0.481 e. The Balaban J connectivity index is 4.21. The molecule has 0 aromatic heterocycles. The minimum absolute atomic E-state index is 0.0702. The molecule has 0 bridgehead atoms. The fraction of sp³-hybridized carbons (Fsp3) is 0.833. The largest absolute Gasteiger partial charge is 0.481 e. The first-order chi connectivity index (χ1) is 7.74. The molecule has 5 heteroatoms. The molecule has 0 aliphatic carbocycles. The van der Waals surface area contributed by atoms with E-state index in [1.54, 1.807) is 20.8 Å². The average Bonchev–Trinajstić information content (AvgIpc) is 2.09. The predicted octanol–water partition coefficient (Wildman–Crippen LogP) is 2.54. The lowest BCUT2D eigenvalue weighted by Crippen LogP contribution is -2.40. The summed E-state index contributed by atoms with van der Waals surface area (Å²) in [6.45, 7) is 7.33. The van der Waals surface area contributed by atoms with Crippen molar-refractivity contribution < 1.29 is 19.4 Å². The molecule has 0 spiro atoms. The lowest BCUT2D eigenvalue weighted by Gasteiger charge is -2.22. The fourth-order valence-electron chi connectivity index (χ4n) is 1.36. The number of carboxylic acid groups (broad SMARTS) is 1. The van der Waals surface area contributed by atoms with Crippen molar-refractivity contribution in [2.75, 3.05) is 0 Å². The Hall–Kier alpha value is -1.26. The van der Waals surface area contributed by atoms with Crippen LogP contribution in [0.5, 0.6) is 0 Å². The molecule has 1 unspecified atom stereocenters. The maximum absolute atomic E-state index is 11.5. The number of hydrogen-bond donors (Lipinski definition) is 2. The number of amides is 1. The maximum Gasteiger partial charge on any atom is 0.407 e. The number of carbonyl (C=O) groups is 2. The molecule has 5 nitrogen and oxygen atoms in total. The molecule has 0 heterocycles. The Labute approximate surface area is 103 Å². The third-order valence-electron chi connectivity index (χ3n) is 2.05. The SMILES string of the molecule is CCCCC(CC(=O)O)NC(=O)OC(C)(C)C. The van der Waals surface area contributed by atoms with Crippen molar-refractivity contribution in [1.29, 1.82) is 0 Å². The molecule has 0 aromatic carbocycles. The second-order valence-corrected chi connectivity index (χ2v) is 5.08. The number of ether oxygens (including phenoxy) is 1. The Morgan fingerprint density at radius 2 is 1.94 bits per heavy atom. The second kappa shape index (κ2) is 7.14. The molecule has 100 valence electrons. The van der Waals surface area contributed by atoms with Gasteiger partial charge in [0.2, 0.25) is 0 Å². The first kappa shape index (κ1) is 15.7. The quantitative estimate of drug-likeness (QED) is 0.754. The van der Waals surface area contributed by atoms with Crippen molar-refractivity contribution in [2.24, 2.45) is 0 Å². The fourth-order valence-corrected chi connectivity index (χ4v) is 1.36. The third-order valence-corrected chi connectivity index (χ3v) is 2.05. The van der Waals surface area contributed by atoms with Crippen LogP contribution in [0.3, 0.4) is 0 Å². The highest BCUT2D eigenvalue weighted by Crippen LogP contribution is 2.09. The molecule has 1 atom stereocenters. The van der Waals surface area contributed by atoms with E-state index in [9.17, 15) is 9.59 Å². The van der Waals surface area contributed by atoms with Crippen LogP contribution >= 0.6 is 0 Å². The van der Waals surface area contributed by atoms with Gasteiger partial charge in [-0.2, -0.15) is 0 Å². The van der Waals surface area contributed by atoms with Crippen molar-refractivity contribution in [3.8, 4) is 0 Å². The van der Waals surface area contributed by atoms with E-state index in [0.717, 1.165) is 12.8 Å². The molecule has 0 saturated carbocycles. The summed E-state index contributed by atoms with van der Waals surface area (Å²) in [4.78, 5) is 22.1. The zero-order valence-corrected chi connectivity index (χ0v) is 11.1. The number of hydrogen-bond acceptors (Lipinski definition) is 3. The number of nitrogens with one attached hydrogen (secondary N) is 1. The normalized spacial score (nSPS) is 12.9. The van der Waals surface area contributed by atoms with E-state index in [4.69, 9.17) is 9.84 Å². The first-order valence-corrected chi connectivity index (χ1v) is 5.96. The average molecular weight is 245 g/mol. The molecule has 0 rings (SSSR count). The Morgan fingerprint density at radius 1 is 1.35 bits per heavy atom. The van der Waals surface area contributed by atoms with Gasteiger partial charge in [-0.05, 0) is 27.2 Å². The summed E-state index contributed by atoms with van der Waals surface area (Å²) in [5.41, 5.74) is -0.567. The van der Waals surface area contributed by atoms with Crippen LogP contribution in [0.15, 0.2) is 0 Å². The van der Waals surface area contributed by atoms with Gasteiger partial charge in [-0.1, -0.05) is 19.8 Å². The zero-order valence-electron chi connectivity index (χ0n) is 11.1. The van der Waals surface area contributed by atoms with Crippen LogP contribution in [0.25, 0.3) is 0 Å². The summed E-state index contributed by atoms with van der Waals surface area (Å²) in [7, 11) is 0. The van der Waals surface area contributed by atoms with E-state index >= 15 is 0 Å². The number of carboxylic acids is 1. The molecule has 0 aliphatic rings. The van der Waals surface area contributed by atoms with Gasteiger partial charge in [-0.3, -0.25) is 4.79 Å². The summed E-state index contributed by atoms with van der Waals surface area (Å²) in [6.07, 6.45) is 1.88. The summed E-state index contributed by atoms with van der Waals surface area (Å²) in [6, 6.07) is -0.359. The first-order valence-electron chi connectivity index (χ1n) is 5.96. The lowest BCUT2D eigenvalue weighted by molar-refractivity contribution is -0.137. The highest BCUT2D eigenvalue weighted by Gasteiger charge is 2.20. The zero-order chi connectivity index (χ0) is 13.5. The lowest BCUT2D eigenvalue weighted by atomic mass is 10.1. The van der Waals surface area contributed by atoms with Crippen LogP contribution in [0.2, 0.25) is 0 Å². The Kier molecular flexibility index (Phi) is 6.61. The standard InChI is InChI=1S/C12H23NO4/c1-5-6-7-9(8-10(14)15)13-11(16)17-12(2,3)4/h9H,5-8H2,1-4H3,(H,13,16)(H,14,15). The van der Waals surface area contributed by atoms with Crippen LogP contribution < -0.4 is 5.32 Å². The number of carbonyl (C=O) groups excluding carboxylic acids is 1. The van der Waals surface area contributed by atoms with E-state index in [1.807, 2.05) is 6.92 Å². The van der Waals surface area contributed by atoms with E-state index < -0.39 is 17.7 Å². The van der Waals surface area contributed by atoms with Crippen molar-refractivity contribution >= 4 is 12.1 Å². The third kappa shape index (κ3) is 9.66. The molecule has 0 fully saturated rings. The van der Waals surface area contributed by atoms with Gasteiger partial charge in [0.1, 0.15) is 5.60 Å². The predicted molar refractivity (Wildman–Crippen MR) is 64.9 cm³/mol. The molecule has 17 heavy (non-hydrogen) atoms. The number of unbranched alkanes of at least 4 members (excludes halogenated alkanes) is 1. The Morgan fingerprint density at radius 3 is 2.35 bits per heavy atom. The van der Waals surface area contributed by atoms with Crippen molar-refractivity contribution in [3.05, 3.63) is 0 Å². The van der Waals surface area contributed by atoms with Crippen LogP contribution in [-0.4, -0.2) is 28.8 Å². The van der Waals surface area contributed by atoms with Crippen LogP contribution in [0, 0.1) is 0 Å². The van der Waals surface area contributed by atoms with E-state index in [2.05, 4.69) is 5.32 Å². The number of alkyl carbamates (subject to hydrolysis) is 1. The molecular weight excluding hydrogens is 222 g/mol. The van der Waals surface area contributed by atoms with E-state index in [-0.39, 0.29) is 12.5 Å². The molecular formula is C12H23NO4. The summed E-state index contributed by atoms with van der Waals surface area (Å²) in [5.74, 6) is -0.915. The van der Waals surface area contributed by atoms with Gasteiger partial charge < -0.3 is 15.2 Å². The van der Waals surface area contributed by atoms with Crippen LogP contribution in [0.4, 0.5) is 4.79 Å². The molecule has 2 N–H and O–H groups in total. The van der Waals surface area contributed by atoms with Gasteiger partial charge in [0.25, 0.3) is 0 Å². The Bertz CT molecular complexity index is 258. The molecule has 0 saturated heterocycles. The topological polar surface area (TPSA) is 75.6 Å². The van der Waals surface area contributed by atoms with Gasteiger partial charge in [0.05, 0.1) is 6.42 Å². The highest BCUT2D eigenvalue weighted by molar-refractivity contribution is 5.71. The second-order valence-electron chi connectivity index (χ2n) is 5.08. The minimum atomic E-state index is -0.915. The van der Waals surface area contributed by atoms with Gasteiger partial charge in [0.15, 0.2) is 0 Å². The molecule has 0 aliphatic heterocycles. The van der Waals surface area contributed by atoms with E-state index in [0.29, 0.717) is 6.42 Å². The van der Waals surface area contributed by atoms with Gasteiger partial charge in [-0.25, -0.2) is 4.79 Å². The monoisotopic (exact) mass is 245 g/mol. The highest BCUT2D eigenvalue weighted by atomic mass is 16.6. The van der Waals surface area contributed by atoms with Crippen molar-refractivity contribution in [2.45, 2.75) is 65.0 Å². The number of rotatable bonds is 6. The molecule has 0 aromatic rings. The number of aliphatic carboxylic acids is 1. The van der Waals surface area contributed by atoms with Gasteiger partial charge in [0, 0.05) is 6.04 Å². The summed E-state index contributed by atoms with van der Waals surface area (Å²) >= 11 is 0. The van der Waals surface area contributed by atoms with E-state index in [1.165, 1.54) is 0 Å². The maximum atomic E-state index is 11.5.